The molecule has 1 amide bonds. The Morgan fingerprint density at radius 3 is 2.79 bits per heavy atom. The van der Waals surface area contributed by atoms with Gasteiger partial charge in [-0.25, -0.2) is 4.79 Å². The molecular formula is C12H11ClN2O3S. The normalized spacial score (nSPS) is 11.4. The molecule has 1 unspecified atom stereocenters. The highest BCUT2D eigenvalue weighted by Gasteiger charge is 2.19. The van der Waals surface area contributed by atoms with Crippen LogP contribution in [0.5, 0.6) is 0 Å². The molecule has 19 heavy (non-hydrogen) atoms. The summed E-state index contributed by atoms with van der Waals surface area (Å²) in [6.07, 6.45) is 0. The number of hydrogen-bond acceptors (Lipinski definition) is 4. The fourth-order valence-electron chi connectivity index (χ4n) is 1.33. The van der Waals surface area contributed by atoms with Crippen LogP contribution in [-0.2, 0) is 9.59 Å². The maximum absolute atomic E-state index is 11.0. The van der Waals surface area contributed by atoms with E-state index in [1.54, 1.807) is 18.2 Å². The van der Waals surface area contributed by atoms with Crippen LogP contribution < -0.4 is 5.32 Å². The summed E-state index contributed by atoms with van der Waals surface area (Å²) in [5.41, 5.74) is 0.307. The molecule has 1 atom stereocenters. The van der Waals surface area contributed by atoms with Gasteiger partial charge in [0.15, 0.2) is 0 Å². The monoisotopic (exact) mass is 298 g/mol. The van der Waals surface area contributed by atoms with Crippen molar-refractivity contribution in [1.29, 1.82) is 5.26 Å². The number of halogens is 1. The first-order valence-corrected chi connectivity index (χ1v) is 6.63. The van der Waals surface area contributed by atoms with Crippen LogP contribution >= 0.6 is 23.4 Å². The zero-order valence-electron chi connectivity index (χ0n) is 10.0. The van der Waals surface area contributed by atoms with Crippen molar-refractivity contribution in [3.05, 3.63) is 28.8 Å². The van der Waals surface area contributed by atoms with Gasteiger partial charge in [-0.1, -0.05) is 17.7 Å². The highest BCUT2D eigenvalue weighted by Crippen LogP contribution is 2.28. The zero-order valence-corrected chi connectivity index (χ0v) is 11.6. The van der Waals surface area contributed by atoms with Gasteiger partial charge in [0.2, 0.25) is 5.91 Å². The maximum atomic E-state index is 11.0. The second kappa shape index (κ2) is 7.02. The number of rotatable bonds is 5. The van der Waals surface area contributed by atoms with Crippen molar-refractivity contribution in [3.8, 4) is 6.07 Å². The summed E-state index contributed by atoms with van der Waals surface area (Å²) in [6, 6.07) is 5.92. The van der Waals surface area contributed by atoms with Gasteiger partial charge < -0.3 is 10.4 Å². The lowest BCUT2D eigenvalue weighted by atomic mass is 10.2. The van der Waals surface area contributed by atoms with Gasteiger partial charge in [0.25, 0.3) is 0 Å². The SMILES string of the molecule is CC(=O)NC(CSc1cccc(Cl)c1C#N)C(=O)O. The Hall–Kier alpha value is -1.71. The van der Waals surface area contributed by atoms with E-state index in [-0.39, 0.29) is 5.75 Å². The van der Waals surface area contributed by atoms with Crippen LogP contribution in [0.4, 0.5) is 0 Å². The quantitative estimate of drug-likeness (QED) is 0.810. The van der Waals surface area contributed by atoms with Crippen LogP contribution in [0, 0.1) is 11.3 Å². The number of benzene rings is 1. The summed E-state index contributed by atoms with van der Waals surface area (Å²) in [5.74, 6) is -1.42. The first-order chi connectivity index (χ1) is 8.95. The van der Waals surface area contributed by atoms with Gasteiger partial charge in [-0.05, 0) is 12.1 Å². The number of carbonyl (C=O) groups is 2. The molecular weight excluding hydrogens is 288 g/mol. The summed E-state index contributed by atoms with van der Waals surface area (Å²) in [6.45, 7) is 1.25. The molecule has 0 aliphatic rings. The number of carboxylic acids is 1. The van der Waals surface area contributed by atoms with E-state index in [9.17, 15) is 9.59 Å². The van der Waals surface area contributed by atoms with Gasteiger partial charge in [0.05, 0.1) is 10.6 Å². The molecule has 0 aliphatic carbocycles. The maximum Gasteiger partial charge on any atom is 0.327 e. The summed E-state index contributed by atoms with van der Waals surface area (Å²) in [4.78, 5) is 22.4. The average Bonchev–Trinajstić information content (AvgIpc) is 2.33. The van der Waals surface area contributed by atoms with E-state index >= 15 is 0 Å². The Morgan fingerprint density at radius 1 is 1.58 bits per heavy atom. The predicted molar refractivity (Wildman–Crippen MR) is 72.1 cm³/mol. The van der Waals surface area contributed by atoms with Gasteiger partial charge in [-0.2, -0.15) is 5.26 Å². The number of nitriles is 1. The molecule has 0 aliphatic heterocycles. The van der Waals surface area contributed by atoms with Crippen LogP contribution in [0.15, 0.2) is 23.1 Å². The van der Waals surface area contributed by atoms with Gasteiger partial charge in [-0.3, -0.25) is 4.79 Å². The molecule has 1 aromatic rings. The number of nitrogens with one attached hydrogen (secondary N) is 1. The molecule has 0 saturated heterocycles. The fraction of sp³-hybridized carbons (Fsp3) is 0.250. The van der Waals surface area contributed by atoms with Crippen LogP contribution in [0.25, 0.3) is 0 Å². The van der Waals surface area contributed by atoms with E-state index in [1.165, 1.54) is 6.92 Å². The summed E-state index contributed by atoms with van der Waals surface area (Å²) < 4.78 is 0. The third-order valence-electron chi connectivity index (χ3n) is 2.17. The van der Waals surface area contributed by atoms with Gasteiger partial charge in [0, 0.05) is 17.6 Å². The number of amides is 1. The number of nitrogens with zero attached hydrogens (tertiary/aromatic N) is 1. The van der Waals surface area contributed by atoms with E-state index in [1.807, 2.05) is 6.07 Å². The Kier molecular flexibility index (Phi) is 5.67. The highest BCUT2D eigenvalue weighted by molar-refractivity contribution is 7.99. The molecule has 0 bridgehead atoms. The Morgan fingerprint density at radius 2 is 2.26 bits per heavy atom. The minimum absolute atomic E-state index is 0.115. The third-order valence-corrected chi connectivity index (χ3v) is 3.63. The molecule has 0 radical (unpaired) electrons. The number of thioether (sulfide) groups is 1. The molecule has 1 rings (SSSR count). The smallest absolute Gasteiger partial charge is 0.327 e. The lowest BCUT2D eigenvalue weighted by Gasteiger charge is -2.13. The van der Waals surface area contributed by atoms with Crippen molar-refractivity contribution in [2.24, 2.45) is 0 Å². The van der Waals surface area contributed by atoms with E-state index < -0.39 is 17.9 Å². The van der Waals surface area contributed by atoms with E-state index in [4.69, 9.17) is 22.0 Å². The van der Waals surface area contributed by atoms with Crippen molar-refractivity contribution in [2.75, 3.05) is 5.75 Å². The number of carboxylic acid groups (broad SMARTS) is 1. The first kappa shape index (κ1) is 15.3. The van der Waals surface area contributed by atoms with Gasteiger partial charge in [0.1, 0.15) is 12.1 Å². The molecule has 100 valence electrons. The summed E-state index contributed by atoms with van der Waals surface area (Å²) in [5, 5.41) is 20.6. The van der Waals surface area contributed by atoms with Crippen molar-refractivity contribution in [3.63, 3.8) is 0 Å². The Balaban J connectivity index is 2.80. The second-order valence-corrected chi connectivity index (χ2v) is 5.10. The van der Waals surface area contributed by atoms with Crippen LogP contribution in [-0.4, -0.2) is 28.8 Å². The van der Waals surface area contributed by atoms with Crippen LogP contribution in [0.1, 0.15) is 12.5 Å². The molecule has 0 saturated carbocycles. The molecule has 1 aromatic carbocycles. The standard InChI is InChI=1S/C12H11ClN2O3S/c1-7(16)15-10(12(17)18)6-19-11-4-2-3-9(13)8(11)5-14/h2-4,10H,6H2,1H3,(H,15,16)(H,17,18). The molecule has 7 heteroatoms. The third kappa shape index (κ3) is 4.47. The predicted octanol–water partition coefficient (Wildman–Crippen LogP) is 1.89. The zero-order chi connectivity index (χ0) is 14.4. The number of hydrogen-bond donors (Lipinski definition) is 2. The van der Waals surface area contributed by atoms with Crippen LogP contribution in [0.3, 0.4) is 0 Å². The van der Waals surface area contributed by atoms with Crippen LogP contribution in [0.2, 0.25) is 5.02 Å². The largest absolute Gasteiger partial charge is 0.480 e. The fourth-order valence-corrected chi connectivity index (χ4v) is 2.65. The van der Waals surface area contributed by atoms with E-state index in [2.05, 4.69) is 5.32 Å². The number of aliphatic carboxylic acids is 1. The minimum atomic E-state index is -1.12. The Labute approximate surface area is 119 Å². The van der Waals surface area contributed by atoms with E-state index in [0.29, 0.717) is 15.5 Å². The molecule has 0 spiro atoms. The van der Waals surface area contributed by atoms with Gasteiger partial charge in [-0.15, -0.1) is 11.8 Å². The highest BCUT2D eigenvalue weighted by atomic mass is 35.5. The van der Waals surface area contributed by atoms with E-state index in [0.717, 1.165) is 11.8 Å². The molecule has 0 heterocycles. The van der Waals surface area contributed by atoms with Crippen molar-refractivity contribution >= 4 is 35.2 Å². The lowest BCUT2D eigenvalue weighted by Crippen LogP contribution is -2.41. The molecule has 0 fully saturated rings. The minimum Gasteiger partial charge on any atom is -0.480 e. The molecule has 5 nitrogen and oxygen atoms in total. The topological polar surface area (TPSA) is 90.2 Å². The lowest BCUT2D eigenvalue weighted by molar-refractivity contribution is -0.140. The average molecular weight is 299 g/mol. The Bertz CT molecular complexity index is 542. The second-order valence-electron chi connectivity index (χ2n) is 3.63. The summed E-state index contributed by atoms with van der Waals surface area (Å²) >= 11 is 7.03. The van der Waals surface area contributed by atoms with Gasteiger partial charge >= 0.3 is 5.97 Å². The van der Waals surface area contributed by atoms with Crippen molar-refractivity contribution < 1.29 is 14.7 Å². The first-order valence-electron chi connectivity index (χ1n) is 5.27. The van der Waals surface area contributed by atoms with Crippen molar-refractivity contribution in [2.45, 2.75) is 17.9 Å². The number of carbonyl (C=O) groups excluding carboxylic acids is 1. The molecule has 0 aromatic heterocycles. The van der Waals surface area contributed by atoms with Crippen molar-refractivity contribution in [1.82, 2.24) is 5.32 Å². The molecule has 2 N–H and O–H groups in total. The summed E-state index contributed by atoms with van der Waals surface area (Å²) in [7, 11) is 0.